The van der Waals surface area contributed by atoms with Crippen LogP contribution in [0.15, 0.2) is 54.9 Å². The van der Waals surface area contributed by atoms with Gasteiger partial charge in [-0.25, -0.2) is 14.4 Å². The molecule has 2 heterocycles. The number of hydrogen-bond acceptors (Lipinski definition) is 7. The Morgan fingerprint density at radius 2 is 1.59 bits per heavy atom. The molecule has 1 saturated heterocycles. The molecular formula is C21H23FN6O. The van der Waals surface area contributed by atoms with Crippen molar-refractivity contribution < 1.29 is 9.13 Å². The molecule has 29 heavy (non-hydrogen) atoms. The predicted octanol–water partition coefficient (Wildman–Crippen LogP) is 3.28. The van der Waals surface area contributed by atoms with Gasteiger partial charge in [0.2, 0.25) is 0 Å². The molecule has 0 radical (unpaired) electrons. The number of aromatic nitrogens is 2. The lowest BCUT2D eigenvalue weighted by Gasteiger charge is -2.37. The molecule has 0 bridgehead atoms. The van der Waals surface area contributed by atoms with E-state index < -0.39 is 0 Å². The van der Waals surface area contributed by atoms with Crippen LogP contribution in [0.1, 0.15) is 0 Å². The molecule has 4 rings (SSSR count). The molecule has 3 N–H and O–H groups in total. The molecule has 2 aromatic carbocycles. The van der Waals surface area contributed by atoms with Crippen LogP contribution in [0.4, 0.5) is 33.1 Å². The van der Waals surface area contributed by atoms with E-state index in [-0.39, 0.29) is 5.82 Å². The number of benzene rings is 2. The highest BCUT2D eigenvalue weighted by molar-refractivity contribution is 5.78. The molecule has 1 aromatic heterocycles. The van der Waals surface area contributed by atoms with Gasteiger partial charge in [-0.15, -0.1) is 0 Å². The fourth-order valence-corrected chi connectivity index (χ4v) is 3.38. The largest absolute Gasteiger partial charge is 0.497 e. The molecular weight excluding hydrogens is 371 g/mol. The van der Waals surface area contributed by atoms with E-state index in [4.69, 9.17) is 10.5 Å². The second-order valence-electron chi connectivity index (χ2n) is 6.76. The van der Waals surface area contributed by atoms with E-state index >= 15 is 0 Å². The summed E-state index contributed by atoms with van der Waals surface area (Å²) in [4.78, 5) is 13.1. The number of rotatable bonds is 5. The summed E-state index contributed by atoms with van der Waals surface area (Å²) in [6, 6.07) is 14.1. The van der Waals surface area contributed by atoms with Crippen LogP contribution in [0, 0.1) is 5.82 Å². The van der Waals surface area contributed by atoms with Crippen LogP contribution in [0.3, 0.4) is 0 Å². The number of methoxy groups -OCH3 is 1. The van der Waals surface area contributed by atoms with Gasteiger partial charge in [-0.1, -0.05) is 0 Å². The first-order valence-electron chi connectivity index (χ1n) is 9.41. The lowest BCUT2D eigenvalue weighted by Crippen LogP contribution is -2.47. The Hall–Kier alpha value is -3.55. The maximum atomic E-state index is 13.1. The minimum absolute atomic E-state index is 0.290. The third kappa shape index (κ3) is 4.16. The van der Waals surface area contributed by atoms with Crippen molar-refractivity contribution in [3.8, 4) is 5.75 Å². The molecule has 150 valence electrons. The molecule has 7 nitrogen and oxygen atoms in total. The first kappa shape index (κ1) is 18.8. The van der Waals surface area contributed by atoms with Crippen LogP contribution in [0.25, 0.3) is 0 Å². The number of nitrogen functional groups attached to an aromatic ring is 1. The van der Waals surface area contributed by atoms with Gasteiger partial charge in [-0.05, 0) is 48.5 Å². The number of ether oxygens (including phenoxy) is 1. The Morgan fingerprint density at radius 3 is 2.24 bits per heavy atom. The molecule has 0 aliphatic carbocycles. The lowest BCUT2D eigenvalue weighted by molar-refractivity contribution is 0.415. The number of nitrogens with zero attached hydrogens (tertiary/aromatic N) is 4. The molecule has 1 aliphatic heterocycles. The second-order valence-corrected chi connectivity index (χ2v) is 6.76. The Balaban J connectivity index is 1.44. The Bertz CT molecular complexity index is 956. The summed E-state index contributed by atoms with van der Waals surface area (Å²) in [6.07, 6.45) is 1.49. The summed E-state index contributed by atoms with van der Waals surface area (Å²) >= 11 is 0. The summed E-state index contributed by atoms with van der Waals surface area (Å²) in [6.45, 7) is 3.31. The number of piperazine rings is 1. The van der Waals surface area contributed by atoms with Gasteiger partial charge in [0.05, 0.1) is 7.11 Å². The minimum atomic E-state index is -0.290. The first-order valence-corrected chi connectivity index (χ1v) is 9.41. The summed E-state index contributed by atoms with van der Waals surface area (Å²) in [5.41, 5.74) is 8.70. The van der Waals surface area contributed by atoms with E-state index in [9.17, 15) is 4.39 Å². The molecule has 8 heteroatoms. The van der Waals surface area contributed by atoms with E-state index in [0.29, 0.717) is 23.0 Å². The zero-order valence-corrected chi connectivity index (χ0v) is 16.2. The van der Waals surface area contributed by atoms with E-state index in [1.165, 1.54) is 24.1 Å². The highest BCUT2D eigenvalue weighted by Gasteiger charge is 2.21. The maximum Gasteiger partial charge on any atom is 0.159 e. The summed E-state index contributed by atoms with van der Waals surface area (Å²) in [5.74, 6) is 1.78. The summed E-state index contributed by atoms with van der Waals surface area (Å²) in [7, 11) is 1.67. The number of anilines is 5. The molecule has 0 atom stereocenters. The quantitative estimate of drug-likeness (QED) is 0.687. The molecule has 1 aliphatic rings. The molecule has 0 amide bonds. The van der Waals surface area contributed by atoms with Gasteiger partial charge >= 0.3 is 0 Å². The topological polar surface area (TPSA) is 79.5 Å². The van der Waals surface area contributed by atoms with Crippen LogP contribution >= 0.6 is 0 Å². The monoisotopic (exact) mass is 394 g/mol. The lowest BCUT2D eigenvalue weighted by atomic mass is 10.2. The van der Waals surface area contributed by atoms with Crippen molar-refractivity contribution in [3.05, 3.63) is 60.7 Å². The van der Waals surface area contributed by atoms with Crippen molar-refractivity contribution in [2.45, 2.75) is 0 Å². The maximum absolute atomic E-state index is 13.1. The van der Waals surface area contributed by atoms with Gasteiger partial charge in [0.15, 0.2) is 11.6 Å². The minimum Gasteiger partial charge on any atom is -0.497 e. The van der Waals surface area contributed by atoms with E-state index in [2.05, 4.69) is 37.2 Å². The summed E-state index contributed by atoms with van der Waals surface area (Å²) < 4.78 is 18.3. The SMILES string of the molecule is COc1ccc(N2CCN(c3ncnc(Nc4ccc(F)cc4)c3N)CC2)cc1. The smallest absolute Gasteiger partial charge is 0.159 e. The van der Waals surface area contributed by atoms with Crippen molar-refractivity contribution in [1.29, 1.82) is 0 Å². The van der Waals surface area contributed by atoms with Crippen LogP contribution in [-0.4, -0.2) is 43.3 Å². The average molecular weight is 394 g/mol. The highest BCUT2D eigenvalue weighted by Crippen LogP contribution is 2.30. The van der Waals surface area contributed by atoms with Crippen LogP contribution in [-0.2, 0) is 0 Å². The Labute approximate surface area is 168 Å². The number of hydrogen-bond donors (Lipinski definition) is 2. The van der Waals surface area contributed by atoms with Crippen molar-refractivity contribution in [3.63, 3.8) is 0 Å². The fraction of sp³-hybridized carbons (Fsp3) is 0.238. The van der Waals surface area contributed by atoms with Gasteiger partial charge in [0.1, 0.15) is 23.6 Å². The second kappa shape index (κ2) is 8.22. The third-order valence-corrected chi connectivity index (χ3v) is 4.99. The Kier molecular flexibility index (Phi) is 5.33. The van der Waals surface area contributed by atoms with Gasteiger partial charge < -0.3 is 25.6 Å². The molecule has 0 unspecified atom stereocenters. The molecule has 0 spiro atoms. The average Bonchev–Trinajstić information content (AvgIpc) is 2.77. The fourth-order valence-electron chi connectivity index (χ4n) is 3.38. The van der Waals surface area contributed by atoms with Crippen molar-refractivity contribution in [1.82, 2.24) is 9.97 Å². The highest BCUT2D eigenvalue weighted by atomic mass is 19.1. The zero-order valence-electron chi connectivity index (χ0n) is 16.2. The van der Waals surface area contributed by atoms with E-state index in [1.54, 1.807) is 19.2 Å². The Morgan fingerprint density at radius 1 is 0.931 bits per heavy atom. The van der Waals surface area contributed by atoms with Crippen molar-refractivity contribution >= 4 is 28.7 Å². The zero-order chi connectivity index (χ0) is 20.2. The number of nitrogens with two attached hydrogens (primary N) is 1. The van der Waals surface area contributed by atoms with Gasteiger partial charge in [0.25, 0.3) is 0 Å². The standard InChI is InChI=1S/C21H23FN6O/c1-29-18-8-6-17(7-9-18)27-10-12-28(13-11-27)21-19(23)20(24-14-25-21)26-16-4-2-15(22)3-5-16/h2-9,14H,10-13,23H2,1H3,(H,24,25,26). The van der Waals surface area contributed by atoms with Gasteiger partial charge in [0, 0.05) is 37.6 Å². The molecule has 1 fully saturated rings. The van der Waals surface area contributed by atoms with Crippen LogP contribution in [0.5, 0.6) is 5.75 Å². The number of nitrogens with one attached hydrogen (secondary N) is 1. The molecule has 0 saturated carbocycles. The van der Waals surface area contributed by atoms with E-state index in [0.717, 1.165) is 31.9 Å². The predicted molar refractivity (Wildman–Crippen MR) is 114 cm³/mol. The third-order valence-electron chi connectivity index (χ3n) is 4.99. The van der Waals surface area contributed by atoms with Crippen LogP contribution < -0.4 is 25.6 Å². The summed E-state index contributed by atoms with van der Waals surface area (Å²) in [5, 5.41) is 3.13. The van der Waals surface area contributed by atoms with Crippen LogP contribution in [0.2, 0.25) is 0 Å². The van der Waals surface area contributed by atoms with Gasteiger partial charge in [-0.3, -0.25) is 0 Å². The van der Waals surface area contributed by atoms with Gasteiger partial charge in [-0.2, -0.15) is 0 Å². The van der Waals surface area contributed by atoms with Crippen molar-refractivity contribution in [2.24, 2.45) is 0 Å². The normalized spacial score (nSPS) is 14.0. The van der Waals surface area contributed by atoms with E-state index in [1.807, 2.05) is 12.1 Å². The van der Waals surface area contributed by atoms with Crippen molar-refractivity contribution in [2.75, 3.05) is 54.1 Å². The molecule has 3 aromatic rings. The first-order chi connectivity index (χ1) is 14.1. The number of halogens is 1.